The van der Waals surface area contributed by atoms with Crippen LogP contribution in [0.5, 0.6) is 0 Å². The standard InChI is InChI=1S/C20H16N4/c1-13-5-3-7-16(21-13)18-11-9-15-10-12-19(24-20(15)23-18)17-8-4-6-14(2)22-17/h3-12H,1-2H3. The zero-order valence-corrected chi connectivity index (χ0v) is 13.6. The monoisotopic (exact) mass is 312 g/mol. The highest BCUT2D eigenvalue weighted by atomic mass is 14.9. The van der Waals surface area contributed by atoms with Gasteiger partial charge in [0.15, 0.2) is 5.65 Å². The molecular formula is C20H16N4. The normalized spacial score (nSPS) is 10.9. The average molecular weight is 312 g/mol. The van der Waals surface area contributed by atoms with Gasteiger partial charge in [0.2, 0.25) is 0 Å². The van der Waals surface area contributed by atoms with Crippen molar-refractivity contribution in [1.29, 1.82) is 0 Å². The Kier molecular flexibility index (Phi) is 3.50. The second kappa shape index (κ2) is 5.81. The van der Waals surface area contributed by atoms with Crippen molar-refractivity contribution < 1.29 is 0 Å². The summed E-state index contributed by atoms with van der Waals surface area (Å²) in [5, 5.41) is 1.00. The Labute approximate surface area is 140 Å². The molecule has 0 amide bonds. The number of rotatable bonds is 2. The molecule has 0 aliphatic heterocycles. The van der Waals surface area contributed by atoms with Crippen LogP contribution < -0.4 is 0 Å². The number of aromatic nitrogens is 4. The van der Waals surface area contributed by atoms with E-state index in [0.717, 1.165) is 39.5 Å². The van der Waals surface area contributed by atoms with Crippen LogP contribution in [0.15, 0.2) is 60.7 Å². The molecule has 0 saturated heterocycles. The number of nitrogens with zero attached hydrogens (tertiary/aromatic N) is 4. The van der Waals surface area contributed by atoms with Crippen LogP contribution in [-0.4, -0.2) is 19.9 Å². The lowest BCUT2D eigenvalue weighted by Crippen LogP contribution is -1.94. The van der Waals surface area contributed by atoms with Gasteiger partial charge in [-0.05, 0) is 62.4 Å². The lowest BCUT2D eigenvalue weighted by molar-refractivity contribution is 1.17. The number of pyridine rings is 4. The van der Waals surface area contributed by atoms with Crippen LogP contribution in [0.25, 0.3) is 33.8 Å². The molecule has 4 aromatic heterocycles. The molecule has 4 heterocycles. The summed E-state index contributed by atoms with van der Waals surface area (Å²) in [4.78, 5) is 18.5. The third-order valence-corrected chi connectivity index (χ3v) is 3.85. The van der Waals surface area contributed by atoms with Gasteiger partial charge in [0.25, 0.3) is 0 Å². The average Bonchev–Trinajstić information content (AvgIpc) is 2.61. The summed E-state index contributed by atoms with van der Waals surface area (Å²) in [6, 6.07) is 19.9. The first-order valence-electron chi connectivity index (χ1n) is 7.85. The van der Waals surface area contributed by atoms with E-state index >= 15 is 0 Å². The molecule has 0 aromatic carbocycles. The molecule has 24 heavy (non-hydrogen) atoms. The molecule has 4 rings (SSSR count). The predicted octanol–water partition coefficient (Wildman–Crippen LogP) is 4.37. The van der Waals surface area contributed by atoms with Gasteiger partial charge in [-0.25, -0.2) is 9.97 Å². The van der Waals surface area contributed by atoms with Crippen LogP contribution >= 0.6 is 0 Å². The Morgan fingerprint density at radius 2 is 0.958 bits per heavy atom. The van der Waals surface area contributed by atoms with E-state index in [1.807, 2.05) is 74.5 Å². The zero-order chi connectivity index (χ0) is 16.5. The van der Waals surface area contributed by atoms with E-state index < -0.39 is 0 Å². The minimum absolute atomic E-state index is 0.705. The highest BCUT2D eigenvalue weighted by molar-refractivity contribution is 5.80. The van der Waals surface area contributed by atoms with Gasteiger partial charge in [-0.15, -0.1) is 0 Å². The third kappa shape index (κ3) is 2.74. The lowest BCUT2D eigenvalue weighted by Gasteiger charge is -2.05. The zero-order valence-electron chi connectivity index (χ0n) is 13.6. The Morgan fingerprint density at radius 3 is 1.42 bits per heavy atom. The molecule has 4 heteroatoms. The summed E-state index contributed by atoms with van der Waals surface area (Å²) in [5.41, 5.74) is 6.02. The molecule has 0 radical (unpaired) electrons. The van der Waals surface area contributed by atoms with Crippen molar-refractivity contribution in [1.82, 2.24) is 19.9 Å². The van der Waals surface area contributed by atoms with Gasteiger partial charge >= 0.3 is 0 Å². The Morgan fingerprint density at radius 1 is 0.500 bits per heavy atom. The van der Waals surface area contributed by atoms with E-state index in [-0.39, 0.29) is 0 Å². The van der Waals surface area contributed by atoms with Gasteiger partial charge in [0, 0.05) is 16.8 Å². The van der Waals surface area contributed by atoms with Crippen LogP contribution in [0.3, 0.4) is 0 Å². The molecule has 0 aliphatic rings. The summed E-state index contributed by atoms with van der Waals surface area (Å²) in [5.74, 6) is 0. The minimum atomic E-state index is 0.705. The van der Waals surface area contributed by atoms with Crippen LogP contribution in [0.4, 0.5) is 0 Å². The maximum absolute atomic E-state index is 4.69. The van der Waals surface area contributed by atoms with Crippen molar-refractivity contribution in [2.75, 3.05) is 0 Å². The molecular weight excluding hydrogens is 296 g/mol. The molecule has 0 bridgehead atoms. The van der Waals surface area contributed by atoms with Crippen molar-refractivity contribution in [3.63, 3.8) is 0 Å². The highest BCUT2D eigenvalue weighted by Gasteiger charge is 2.07. The fourth-order valence-electron chi connectivity index (χ4n) is 2.66. The second-order valence-electron chi connectivity index (χ2n) is 5.77. The summed E-state index contributed by atoms with van der Waals surface area (Å²) in [6.45, 7) is 3.95. The molecule has 0 fully saturated rings. The summed E-state index contributed by atoms with van der Waals surface area (Å²) in [7, 11) is 0. The van der Waals surface area contributed by atoms with Gasteiger partial charge in [-0.3, -0.25) is 9.97 Å². The Bertz CT molecular complexity index is 960. The number of hydrogen-bond acceptors (Lipinski definition) is 4. The summed E-state index contributed by atoms with van der Waals surface area (Å²) in [6.07, 6.45) is 0. The first-order valence-corrected chi connectivity index (χ1v) is 7.85. The predicted molar refractivity (Wildman–Crippen MR) is 95.5 cm³/mol. The third-order valence-electron chi connectivity index (χ3n) is 3.85. The molecule has 4 nitrogen and oxygen atoms in total. The molecule has 116 valence electrons. The van der Waals surface area contributed by atoms with Gasteiger partial charge < -0.3 is 0 Å². The highest BCUT2D eigenvalue weighted by Crippen LogP contribution is 2.22. The van der Waals surface area contributed by atoms with Crippen LogP contribution in [0.2, 0.25) is 0 Å². The first-order chi connectivity index (χ1) is 11.7. The maximum atomic E-state index is 4.69. The topological polar surface area (TPSA) is 51.6 Å². The Balaban J connectivity index is 1.83. The molecule has 0 saturated carbocycles. The van der Waals surface area contributed by atoms with E-state index in [4.69, 9.17) is 9.97 Å². The largest absolute Gasteiger partial charge is 0.251 e. The Hall–Kier alpha value is -3.14. The van der Waals surface area contributed by atoms with Crippen molar-refractivity contribution in [2.45, 2.75) is 13.8 Å². The molecule has 0 N–H and O–H groups in total. The fourth-order valence-corrected chi connectivity index (χ4v) is 2.66. The SMILES string of the molecule is Cc1cccc(-c2ccc3ccc(-c4cccc(C)n4)nc3n2)n1. The number of hydrogen-bond donors (Lipinski definition) is 0. The van der Waals surface area contributed by atoms with E-state index in [9.17, 15) is 0 Å². The summed E-state index contributed by atoms with van der Waals surface area (Å²) < 4.78 is 0. The van der Waals surface area contributed by atoms with Gasteiger partial charge in [0.05, 0.1) is 22.8 Å². The quantitative estimate of drug-likeness (QED) is 0.551. The molecule has 0 spiro atoms. The lowest BCUT2D eigenvalue weighted by atomic mass is 10.1. The van der Waals surface area contributed by atoms with Crippen molar-refractivity contribution in [2.24, 2.45) is 0 Å². The first kappa shape index (κ1) is 14.5. The van der Waals surface area contributed by atoms with Crippen LogP contribution in [0, 0.1) is 13.8 Å². The second-order valence-corrected chi connectivity index (χ2v) is 5.77. The van der Waals surface area contributed by atoms with Gasteiger partial charge in [-0.2, -0.15) is 0 Å². The van der Waals surface area contributed by atoms with Gasteiger partial charge in [0.1, 0.15) is 0 Å². The minimum Gasteiger partial charge on any atom is -0.251 e. The number of fused-ring (bicyclic) bond motifs is 1. The van der Waals surface area contributed by atoms with Crippen molar-refractivity contribution >= 4 is 11.0 Å². The molecule has 0 aliphatic carbocycles. The van der Waals surface area contributed by atoms with E-state index in [2.05, 4.69) is 9.97 Å². The summed E-state index contributed by atoms with van der Waals surface area (Å²) >= 11 is 0. The molecule has 4 aromatic rings. The smallest absolute Gasteiger partial charge is 0.160 e. The van der Waals surface area contributed by atoms with E-state index in [0.29, 0.717) is 5.65 Å². The van der Waals surface area contributed by atoms with Crippen molar-refractivity contribution in [3.05, 3.63) is 72.1 Å². The van der Waals surface area contributed by atoms with E-state index in [1.54, 1.807) is 0 Å². The van der Waals surface area contributed by atoms with Crippen LogP contribution in [0.1, 0.15) is 11.4 Å². The fraction of sp³-hybridized carbons (Fsp3) is 0.100. The van der Waals surface area contributed by atoms with E-state index in [1.165, 1.54) is 0 Å². The molecule has 0 atom stereocenters. The van der Waals surface area contributed by atoms with Crippen LogP contribution in [-0.2, 0) is 0 Å². The molecule has 0 unspecified atom stereocenters. The van der Waals surface area contributed by atoms with Gasteiger partial charge in [-0.1, -0.05) is 12.1 Å². The maximum Gasteiger partial charge on any atom is 0.160 e. The number of aryl methyl sites for hydroxylation is 2. The van der Waals surface area contributed by atoms with Crippen molar-refractivity contribution in [3.8, 4) is 22.8 Å².